The summed E-state index contributed by atoms with van der Waals surface area (Å²) >= 11 is 0. The third-order valence-corrected chi connectivity index (χ3v) is 3.18. The number of nitrogens with one attached hydrogen (secondary N) is 1. The molecular formula is C15H17F3N4O2. The Labute approximate surface area is 136 Å². The maximum absolute atomic E-state index is 12.3. The Morgan fingerprint density at radius 3 is 2.46 bits per heavy atom. The topological polar surface area (TPSA) is 71.3 Å². The highest BCUT2D eigenvalue weighted by Crippen LogP contribution is 2.27. The molecule has 0 unspecified atom stereocenters. The van der Waals surface area contributed by atoms with Crippen LogP contribution in [0.15, 0.2) is 28.8 Å². The van der Waals surface area contributed by atoms with Crippen molar-refractivity contribution in [2.24, 2.45) is 0 Å². The van der Waals surface area contributed by atoms with Gasteiger partial charge in [0.05, 0.1) is 0 Å². The first kappa shape index (κ1) is 17.8. The van der Waals surface area contributed by atoms with Crippen molar-refractivity contribution in [3.05, 3.63) is 36.0 Å². The normalized spacial score (nSPS) is 11.4. The second kappa shape index (κ2) is 7.33. The number of alkyl halides is 3. The van der Waals surface area contributed by atoms with Crippen LogP contribution in [0.4, 0.5) is 24.5 Å². The van der Waals surface area contributed by atoms with E-state index in [2.05, 4.69) is 20.0 Å². The molecule has 0 saturated heterocycles. The molecule has 1 amide bonds. The molecule has 0 fully saturated rings. The third-order valence-electron chi connectivity index (χ3n) is 3.18. The van der Waals surface area contributed by atoms with E-state index in [1.54, 1.807) is 12.1 Å². The first-order valence-corrected chi connectivity index (χ1v) is 7.23. The second-order valence-electron chi connectivity index (χ2n) is 5.36. The standard InChI is InChI=1S/C15H17F3N4O2/c1-22(2)11-8-6-10(7-9-11)19-13(23)5-3-4-12-20-14(24-21-12)15(16,17)18/h6-9H,3-5H2,1-2H3,(H,19,23). The number of halogens is 3. The molecule has 9 heteroatoms. The molecule has 2 rings (SSSR count). The number of aromatic nitrogens is 2. The first-order chi connectivity index (χ1) is 11.3. The lowest BCUT2D eigenvalue weighted by Gasteiger charge is -2.13. The summed E-state index contributed by atoms with van der Waals surface area (Å²) in [7, 11) is 3.82. The number of rotatable bonds is 6. The van der Waals surface area contributed by atoms with Gasteiger partial charge in [0.2, 0.25) is 5.91 Å². The number of aryl methyl sites for hydroxylation is 1. The molecule has 0 atom stereocenters. The van der Waals surface area contributed by atoms with Crippen molar-refractivity contribution in [3.63, 3.8) is 0 Å². The Kier molecular flexibility index (Phi) is 5.42. The fraction of sp³-hybridized carbons (Fsp3) is 0.400. The molecule has 1 heterocycles. The van der Waals surface area contributed by atoms with Crippen molar-refractivity contribution in [2.75, 3.05) is 24.3 Å². The molecule has 0 spiro atoms. The van der Waals surface area contributed by atoms with Gasteiger partial charge in [-0.25, -0.2) is 0 Å². The zero-order valence-electron chi connectivity index (χ0n) is 13.2. The van der Waals surface area contributed by atoms with E-state index in [1.807, 2.05) is 31.1 Å². The van der Waals surface area contributed by atoms with Crippen molar-refractivity contribution >= 4 is 17.3 Å². The average molecular weight is 342 g/mol. The largest absolute Gasteiger partial charge is 0.471 e. The minimum atomic E-state index is -4.65. The number of hydrogen-bond acceptors (Lipinski definition) is 5. The fourth-order valence-electron chi connectivity index (χ4n) is 1.94. The van der Waals surface area contributed by atoms with Crippen LogP contribution in [0.1, 0.15) is 24.6 Å². The van der Waals surface area contributed by atoms with Crippen LogP contribution in [0.3, 0.4) is 0 Å². The molecule has 0 saturated carbocycles. The Hall–Kier alpha value is -2.58. The van der Waals surface area contributed by atoms with E-state index in [0.29, 0.717) is 12.1 Å². The Morgan fingerprint density at radius 2 is 1.92 bits per heavy atom. The van der Waals surface area contributed by atoms with Gasteiger partial charge in [0, 0.05) is 38.3 Å². The van der Waals surface area contributed by atoms with Gasteiger partial charge < -0.3 is 14.7 Å². The predicted octanol–water partition coefficient (Wildman–Crippen LogP) is 3.12. The van der Waals surface area contributed by atoms with Crippen molar-refractivity contribution in [3.8, 4) is 0 Å². The maximum atomic E-state index is 12.3. The van der Waals surface area contributed by atoms with E-state index >= 15 is 0 Å². The lowest BCUT2D eigenvalue weighted by molar-refractivity contribution is -0.159. The molecule has 1 N–H and O–H groups in total. The van der Waals surface area contributed by atoms with Crippen LogP contribution in [-0.2, 0) is 17.4 Å². The number of amides is 1. The van der Waals surface area contributed by atoms with E-state index in [1.165, 1.54) is 0 Å². The van der Waals surface area contributed by atoms with Gasteiger partial charge in [0.25, 0.3) is 0 Å². The van der Waals surface area contributed by atoms with E-state index in [9.17, 15) is 18.0 Å². The minimum Gasteiger partial charge on any atom is -0.378 e. The Bertz CT molecular complexity index is 681. The highest BCUT2D eigenvalue weighted by Gasteiger charge is 2.38. The highest BCUT2D eigenvalue weighted by molar-refractivity contribution is 5.90. The first-order valence-electron chi connectivity index (χ1n) is 7.23. The van der Waals surface area contributed by atoms with E-state index < -0.39 is 12.1 Å². The summed E-state index contributed by atoms with van der Waals surface area (Å²) in [6, 6.07) is 7.30. The van der Waals surface area contributed by atoms with Gasteiger partial charge in [0.1, 0.15) is 0 Å². The van der Waals surface area contributed by atoms with Crippen LogP contribution in [-0.4, -0.2) is 30.1 Å². The summed E-state index contributed by atoms with van der Waals surface area (Å²) in [6.45, 7) is 0. The molecule has 0 bridgehead atoms. The predicted molar refractivity (Wildman–Crippen MR) is 81.6 cm³/mol. The molecule has 6 nitrogen and oxygen atoms in total. The zero-order valence-corrected chi connectivity index (χ0v) is 13.2. The monoisotopic (exact) mass is 342 g/mol. The van der Waals surface area contributed by atoms with Gasteiger partial charge in [-0.15, -0.1) is 0 Å². The smallest absolute Gasteiger partial charge is 0.378 e. The number of hydrogen-bond donors (Lipinski definition) is 1. The van der Waals surface area contributed by atoms with Crippen LogP contribution in [0.2, 0.25) is 0 Å². The SMILES string of the molecule is CN(C)c1ccc(NC(=O)CCCc2noc(C(F)(F)F)n2)cc1. The van der Waals surface area contributed by atoms with Crippen molar-refractivity contribution < 1.29 is 22.5 Å². The molecule has 2 aromatic rings. The minimum absolute atomic E-state index is 0.0644. The van der Waals surface area contributed by atoms with Crippen LogP contribution in [0.5, 0.6) is 0 Å². The summed E-state index contributed by atoms with van der Waals surface area (Å²) < 4.78 is 41.0. The van der Waals surface area contributed by atoms with Crippen LogP contribution in [0, 0.1) is 0 Å². The number of carbonyl (C=O) groups is 1. The summed E-state index contributed by atoms with van der Waals surface area (Å²) in [4.78, 5) is 17.0. The van der Waals surface area contributed by atoms with Gasteiger partial charge in [0.15, 0.2) is 5.82 Å². The molecule has 0 aliphatic carbocycles. The summed E-state index contributed by atoms with van der Waals surface area (Å²) in [5.74, 6) is -1.67. The fourth-order valence-corrected chi connectivity index (χ4v) is 1.94. The molecular weight excluding hydrogens is 325 g/mol. The van der Waals surface area contributed by atoms with Gasteiger partial charge >= 0.3 is 12.1 Å². The average Bonchev–Trinajstić information content (AvgIpc) is 2.97. The van der Waals surface area contributed by atoms with E-state index in [4.69, 9.17) is 0 Å². The Balaban J connectivity index is 1.78. The van der Waals surface area contributed by atoms with Gasteiger partial charge in [-0.2, -0.15) is 18.2 Å². The molecule has 1 aromatic heterocycles. The molecule has 0 aliphatic rings. The number of nitrogens with zero attached hydrogens (tertiary/aromatic N) is 3. The van der Waals surface area contributed by atoms with Gasteiger partial charge in [-0.3, -0.25) is 4.79 Å². The molecule has 130 valence electrons. The molecule has 1 aromatic carbocycles. The lowest BCUT2D eigenvalue weighted by Crippen LogP contribution is -2.12. The molecule has 0 radical (unpaired) electrons. The zero-order chi connectivity index (χ0) is 17.7. The number of benzene rings is 1. The Morgan fingerprint density at radius 1 is 1.25 bits per heavy atom. The molecule has 24 heavy (non-hydrogen) atoms. The van der Waals surface area contributed by atoms with E-state index in [0.717, 1.165) is 5.69 Å². The van der Waals surface area contributed by atoms with Crippen LogP contribution >= 0.6 is 0 Å². The number of carbonyl (C=O) groups excluding carboxylic acids is 1. The summed E-state index contributed by atoms with van der Waals surface area (Å²) in [6.07, 6.45) is -4.06. The summed E-state index contributed by atoms with van der Waals surface area (Å²) in [5, 5.41) is 5.97. The second-order valence-corrected chi connectivity index (χ2v) is 5.36. The van der Waals surface area contributed by atoms with Crippen LogP contribution < -0.4 is 10.2 Å². The highest BCUT2D eigenvalue weighted by atomic mass is 19.4. The van der Waals surface area contributed by atoms with E-state index in [-0.39, 0.29) is 24.6 Å². The third kappa shape index (κ3) is 4.97. The van der Waals surface area contributed by atoms with Crippen molar-refractivity contribution in [1.29, 1.82) is 0 Å². The summed E-state index contributed by atoms with van der Waals surface area (Å²) in [5.41, 5.74) is 1.66. The quantitative estimate of drug-likeness (QED) is 0.873. The maximum Gasteiger partial charge on any atom is 0.471 e. The van der Waals surface area contributed by atoms with Crippen molar-refractivity contribution in [1.82, 2.24) is 10.1 Å². The lowest BCUT2D eigenvalue weighted by atomic mass is 10.2. The number of anilines is 2. The van der Waals surface area contributed by atoms with Crippen LogP contribution in [0.25, 0.3) is 0 Å². The molecule has 0 aliphatic heterocycles. The van der Waals surface area contributed by atoms with Gasteiger partial charge in [-0.1, -0.05) is 5.16 Å². The van der Waals surface area contributed by atoms with Crippen molar-refractivity contribution in [2.45, 2.75) is 25.4 Å². The van der Waals surface area contributed by atoms with Gasteiger partial charge in [-0.05, 0) is 30.7 Å².